The number of methoxy groups -OCH3 is 1. The molecule has 0 fully saturated rings. The number of carbonyl (C=O) groups is 1. The number of aryl methyl sites for hydroxylation is 2. The fourth-order valence-corrected chi connectivity index (χ4v) is 5.15. The molecule has 0 saturated heterocycles. The van der Waals surface area contributed by atoms with E-state index in [-0.39, 0.29) is 17.1 Å². The lowest BCUT2D eigenvalue weighted by Crippen LogP contribution is -2.22. The Labute approximate surface area is 182 Å². The number of rotatable bonds is 6. The van der Waals surface area contributed by atoms with Crippen LogP contribution in [0, 0.1) is 13.8 Å². The van der Waals surface area contributed by atoms with Gasteiger partial charge in [-0.15, -0.1) is 11.3 Å². The van der Waals surface area contributed by atoms with Crippen molar-refractivity contribution in [2.24, 2.45) is 0 Å². The maximum atomic E-state index is 13.5. The summed E-state index contributed by atoms with van der Waals surface area (Å²) in [6.45, 7) is 3.94. The zero-order valence-corrected chi connectivity index (χ0v) is 18.5. The zero-order valence-electron chi connectivity index (χ0n) is 16.8. The minimum atomic E-state index is -0.123. The minimum absolute atomic E-state index is 0.00484. The van der Waals surface area contributed by atoms with Gasteiger partial charge in [0, 0.05) is 10.4 Å². The lowest BCUT2D eigenvalue weighted by Gasteiger charge is -2.12. The Morgan fingerprint density at radius 1 is 1.10 bits per heavy atom. The largest absolute Gasteiger partial charge is 0.497 e. The normalized spacial score (nSPS) is 11.0. The summed E-state index contributed by atoms with van der Waals surface area (Å²) >= 11 is 2.78. The first-order chi connectivity index (χ1) is 14.5. The van der Waals surface area contributed by atoms with E-state index in [1.54, 1.807) is 35.9 Å². The van der Waals surface area contributed by atoms with E-state index in [1.165, 1.54) is 23.1 Å². The second-order valence-corrected chi connectivity index (χ2v) is 8.92. The number of carbonyl (C=O) groups excluding carboxylic acids is 1. The van der Waals surface area contributed by atoms with Crippen molar-refractivity contribution < 1.29 is 9.53 Å². The van der Waals surface area contributed by atoms with Gasteiger partial charge >= 0.3 is 0 Å². The number of thiophene rings is 1. The summed E-state index contributed by atoms with van der Waals surface area (Å²) in [5, 5.41) is 1.13. The van der Waals surface area contributed by atoms with E-state index in [9.17, 15) is 9.59 Å². The third-order valence-corrected chi connectivity index (χ3v) is 6.97. The number of ether oxygens (including phenoxy) is 1. The highest BCUT2D eigenvalue weighted by atomic mass is 32.2. The van der Waals surface area contributed by atoms with E-state index in [0.717, 1.165) is 10.4 Å². The van der Waals surface area contributed by atoms with Crippen molar-refractivity contribution in [3.05, 3.63) is 81.0 Å². The minimum Gasteiger partial charge on any atom is -0.497 e. The van der Waals surface area contributed by atoms with Gasteiger partial charge in [0.15, 0.2) is 10.9 Å². The highest BCUT2D eigenvalue weighted by Crippen LogP contribution is 2.30. The monoisotopic (exact) mass is 436 g/mol. The molecule has 0 atom stereocenters. The zero-order chi connectivity index (χ0) is 21.3. The summed E-state index contributed by atoms with van der Waals surface area (Å²) in [5.41, 5.74) is 2.16. The van der Waals surface area contributed by atoms with Crippen molar-refractivity contribution in [1.82, 2.24) is 9.55 Å². The van der Waals surface area contributed by atoms with Crippen molar-refractivity contribution in [3.8, 4) is 11.4 Å². The van der Waals surface area contributed by atoms with E-state index in [1.807, 2.05) is 44.2 Å². The molecule has 2 heterocycles. The van der Waals surface area contributed by atoms with Crippen molar-refractivity contribution in [1.29, 1.82) is 0 Å². The molecule has 2 aromatic heterocycles. The molecular formula is C23H20N2O3S2. The van der Waals surface area contributed by atoms with Crippen LogP contribution >= 0.6 is 23.1 Å². The highest BCUT2D eigenvalue weighted by molar-refractivity contribution is 7.99. The van der Waals surface area contributed by atoms with Gasteiger partial charge in [-0.2, -0.15) is 0 Å². The van der Waals surface area contributed by atoms with Crippen molar-refractivity contribution in [3.63, 3.8) is 0 Å². The molecule has 2 aromatic carbocycles. The van der Waals surface area contributed by atoms with Crippen LogP contribution in [0.4, 0.5) is 0 Å². The van der Waals surface area contributed by atoms with Gasteiger partial charge < -0.3 is 4.74 Å². The van der Waals surface area contributed by atoms with Crippen molar-refractivity contribution in [2.45, 2.75) is 19.0 Å². The van der Waals surface area contributed by atoms with Crippen LogP contribution in [-0.2, 0) is 0 Å². The quantitative estimate of drug-likeness (QED) is 0.241. The van der Waals surface area contributed by atoms with Gasteiger partial charge in [-0.1, -0.05) is 42.1 Å². The van der Waals surface area contributed by atoms with E-state index >= 15 is 0 Å². The molecule has 0 aliphatic heterocycles. The van der Waals surface area contributed by atoms with Crippen LogP contribution in [0.15, 0.2) is 64.5 Å². The molecule has 0 bridgehead atoms. The van der Waals surface area contributed by atoms with Crippen molar-refractivity contribution in [2.75, 3.05) is 12.9 Å². The number of nitrogens with zero attached hydrogens (tertiary/aromatic N) is 2. The number of ketones is 1. The molecule has 0 aliphatic carbocycles. The van der Waals surface area contributed by atoms with Crippen LogP contribution in [0.5, 0.6) is 5.75 Å². The van der Waals surface area contributed by atoms with Gasteiger partial charge in [-0.25, -0.2) is 4.98 Å². The Bertz CT molecular complexity index is 1280. The Balaban J connectivity index is 1.80. The summed E-state index contributed by atoms with van der Waals surface area (Å²) in [6.07, 6.45) is 0. The third kappa shape index (κ3) is 3.78. The highest BCUT2D eigenvalue weighted by Gasteiger charge is 2.19. The molecule has 30 heavy (non-hydrogen) atoms. The van der Waals surface area contributed by atoms with E-state index in [4.69, 9.17) is 9.72 Å². The third-order valence-electron chi connectivity index (χ3n) is 4.93. The average Bonchev–Trinajstić information content (AvgIpc) is 3.06. The van der Waals surface area contributed by atoms with Gasteiger partial charge in [0.2, 0.25) is 0 Å². The molecule has 0 spiro atoms. The second kappa shape index (κ2) is 8.45. The predicted molar refractivity (Wildman–Crippen MR) is 123 cm³/mol. The topological polar surface area (TPSA) is 61.2 Å². The lowest BCUT2D eigenvalue weighted by atomic mass is 10.2. The van der Waals surface area contributed by atoms with Gasteiger partial charge in [0.1, 0.15) is 10.6 Å². The van der Waals surface area contributed by atoms with Crippen LogP contribution in [0.3, 0.4) is 0 Å². The molecule has 0 aliphatic rings. The molecular weight excluding hydrogens is 416 g/mol. The van der Waals surface area contributed by atoms with Gasteiger partial charge in [0.05, 0.1) is 23.9 Å². The maximum absolute atomic E-state index is 13.5. The molecule has 4 aromatic rings. The first kappa shape index (κ1) is 20.4. The van der Waals surface area contributed by atoms with Gasteiger partial charge in [-0.3, -0.25) is 14.2 Å². The number of hydrogen-bond donors (Lipinski definition) is 0. The molecule has 5 nitrogen and oxygen atoms in total. The fraction of sp³-hybridized carbons (Fsp3) is 0.174. The van der Waals surface area contributed by atoms with E-state index < -0.39 is 0 Å². The molecule has 152 valence electrons. The molecule has 0 radical (unpaired) electrons. The van der Waals surface area contributed by atoms with Gasteiger partial charge in [-0.05, 0) is 43.7 Å². The Morgan fingerprint density at radius 3 is 2.47 bits per heavy atom. The van der Waals surface area contributed by atoms with Crippen LogP contribution in [-0.4, -0.2) is 28.2 Å². The molecule has 0 amide bonds. The number of Topliss-reactive ketones (excluding diaryl/α,β-unsaturated/α-hetero) is 1. The number of hydrogen-bond acceptors (Lipinski definition) is 6. The summed E-state index contributed by atoms with van der Waals surface area (Å²) in [6, 6.07) is 16.4. The van der Waals surface area contributed by atoms with E-state index in [0.29, 0.717) is 32.4 Å². The SMILES string of the molecule is COc1ccc(-n2c(SCC(=O)c3ccccc3)nc3sc(C)c(C)c3c2=O)cc1. The Hall–Kier alpha value is -2.90. The summed E-state index contributed by atoms with van der Waals surface area (Å²) in [7, 11) is 1.60. The summed E-state index contributed by atoms with van der Waals surface area (Å²) < 4.78 is 6.82. The Morgan fingerprint density at radius 2 is 1.80 bits per heavy atom. The summed E-state index contributed by atoms with van der Waals surface area (Å²) in [4.78, 5) is 32.6. The molecule has 4 rings (SSSR count). The van der Waals surface area contributed by atoms with Crippen LogP contribution in [0.2, 0.25) is 0 Å². The number of thioether (sulfide) groups is 1. The van der Waals surface area contributed by atoms with Gasteiger partial charge in [0.25, 0.3) is 5.56 Å². The van der Waals surface area contributed by atoms with E-state index in [2.05, 4.69) is 0 Å². The average molecular weight is 437 g/mol. The predicted octanol–water partition coefficient (Wildman–Crippen LogP) is 5.05. The standard InChI is InChI=1S/C23H20N2O3S2/c1-14-15(2)30-21-20(14)22(27)25(17-9-11-18(28-3)12-10-17)23(24-21)29-13-19(26)16-7-5-4-6-8-16/h4-12H,13H2,1-3H3. The number of fused-ring (bicyclic) bond motifs is 1. The maximum Gasteiger partial charge on any atom is 0.267 e. The smallest absolute Gasteiger partial charge is 0.267 e. The molecule has 0 unspecified atom stereocenters. The first-order valence-corrected chi connectivity index (χ1v) is 11.2. The number of benzene rings is 2. The molecule has 7 heteroatoms. The lowest BCUT2D eigenvalue weighted by molar-refractivity contribution is 0.102. The fourth-order valence-electron chi connectivity index (χ4n) is 3.17. The first-order valence-electron chi connectivity index (χ1n) is 9.38. The number of aromatic nitrogens is 2. The molecule has 0 N–H and O–H groups in total. The van der Waals surface area contributed by atoms with Crippen molar-refractivity contribution >= 4 is 39.1 Å². The summed E-state index contributed by atoms with van der Waals surface area (Å²) in [5.74, 6) is 0.896. The van der Waals surface area contributed by atoms with Crippen LogP contribution in [0.25, 0.3) is 15.9 Å². The second-order valence-electron chi connectivity index (χ2n) is 6.77. The Kier molecular flexibility index (Phi) is 5.74. The molecule has 0 saturated carbocycles. The van der Waals surface area contributed by atoms with Crippen LogP contribution < -0.4 is 10.3 Å². The van der Waals surface area contributed by atoms with Crippen LogP contribution in [0.1, 0.15) is 20.8 Å².